The average Bonchev–Trinajstić information content (AvgIpc) is 2.67. The van der Waals surface area contributed by atoms with E-state index in [4.69, 9.17) is 26.8 Å². The maximum atomic E-state index is 12.1. The Hall–Kier alpha value is -3.26. The second-order valence-electron chi connectivity index (χ2n) is 5.75. The van der Waals surface area contributed by atoms with Gasteiger partial charge in [0.1, 0.15) is 5.75 Å². The highest BCUT2D eigenvalue weighted by molar-refractivity contribution is 6.30. The van der Waals surface area contributed by atoms with Crippen molar-refractivity contribution in [3.63, 3.8) is 0 Å². The Morgan fingerprint density at radius 2 is 1.71 bits per heavy atom. The van der Waals surface area contributed by atoms with Gasteiger partial charge in [-0.3, -0.25) is 9.59 Å². The summed E-state index contributed by atoms with van der Waals surface area (Å²) in [6, 6.07) is 11.8. The summed E-state index contributed by atoms with van der Waals surface area (Å²) in [7, 11) is 1.54. The summed E-state index contributed by atoms with van der Waals surface area (Å²) >= 11 is 5.84. The van der Waals surface area contributed by atoms with Gasteiger partial charge in [-0.1, -0.05) is 23.7 Å². The minimum atomic E-state index is -0.787. The number of primary amides is 1. The van der Waals surface area contributed by atoms with Crippen LogP contribution in [0.3, 0.4) is 0 Å². The monoisotopic (exact) mass is 405 g/mol. The lowest BCUT2D eigenvalue weighted by Gasteiger charge is -2.17. The summed E-state index contributed by atoms with van der Waals surface area (Å²) in [6.07, 6.45) is -0.194. The van der Waals surface area contributed by atoms with E-state index in [1.54, 1.807) is 48.5 Å². The topological polar surface area (TPSA) is 120 Å². The molecule has 0 aliphatic heterocycles. The molecule has 1 atom stereocenters. The third-order valence-electron chi connectivity index (χ3n) is 3.70. The van der Waals surface area contributed by atoms with Gasteiger partial charge in [0.2, 0.25) is 0 Å². The number of ether oxygens (including phenoxy) is 2. The first kappa shape index (κ1) is 21.0. The van der Waals surface area contributed by atoms with Gasteiger partial charge in [-0.05, 0) is 42.0 Å². The maximum Gasteiger partial charge on any atom is 0.312 e. The van der Waals surface area contributed by atoms with Crippen LogP contribution in [0, 0.1) is 0 Å². The number of halogens is 1. The van der Waals surface area contributed by atoms with Crippen LogP contribution in [0.25, 0.3) is 0 Å². The van der Waals surface area contributed by atoms with Crippen molar-refractivity contribution in [2.24, 2.45) is 5.73 Å². The number of urea groups is 1. The molecular formula is C19H20ClN3O5. The molecule has 9 heteroatoms. The van der Waals surface area contributed by atoms with E-state index >= 15 is 0 Å². The van der Waals surface area contributed by atoms with Crippen molar-refractivity contribution in [2.75, 3.05) is 19.0 Å². The van der Waals surface area contributed by atoms with Gasteiger partial charge in [-0.2, -0.15) is 0 Å². The van der Waals surface area contributed by atoms with Gasteiger partial charge >= 0.3 is 12.0 Å². The number of anilines is 1. The first-order valence-corrected chi connectivity index (χ1v) is 8.66. The van der Waals surface area contributed by atoms with Gasteiger partial charge in [-0.15, -0.1) is 0 Å². The van der Waals surface area contributed by atoms with Crippen LogP contribution in [0.1, 0.15) is 18.0 Å². The van der Waals surface area contributed by atoms with Crippen LogP contribution in [0.2, 0.25) is 5.02 Å². The van der Waals surface area contributed by atoms with Crippen LogP contribution >= 0.6 is 11.6 Å². The zero-order valence-corrected chi connectivity index (χ0v) is 15.9. The molecule has 2 rings (SSSR count). The Morgan fingerprint density at radius 3 is 2.29 bits per heavy atom. The van der Waals surface area contributed by atoms with Crippen LogP contribution in [0.15, 0.2) is 48.5 Å². The molecule has 0 heterocycles. The Bertz CT molecular complexity index is 824. The maximum absolute atomic E-state index is 12.1. The summed E-state index contributed by atoms with van der Waals surface area (Å²) in [5, 5.41) is 5.58. The fourth-order valence-electron chi connectivity index (χ4n) is 2.36. The molecule has 0 aliphatic carbocycles. The van der Waals surface area contributed by atoms with Crippen LogP contribution in [0.4, 0.5) is 10.5 Å². The van der Waals surface area contributed by atoms with E-state index in [0.717, 1.165) is 0 Å². The SMILES string of the molecule is COc1ccc(NC(=O)COC(=O)C[C@@H](NC(N)=O)c2ccc(Cl)cc2)cc1. The number of hydrogen-bond acceptors (Lipinski definition) is 5. The first-order valence-electron chi connectivity index (χ1n) is 8.28. The summed E-state index contributed by atoms with van der Waals surface area (Å²) in [6.45, 7) is -0.464. The second-order valence-corrected chi connectivity index (χ2v) is 6.19. The quantitative estimate of drug-likeness (QED) is 0.583. The van der Waals surface area contributed by atoms with Crippen molar-refractivity contribution in [1.29, 1.82) is 0 Å². The highest BCUT2D eigenvalue weighted by atomic mass is 35.5. The lowest BCUT2D eigenvalue weighted by atomic mass is 10.0. The molecule has 0 fully saturated rings. The Balaban J connectivity index is 1.88. The standard InChI is InChI=1S/C19H20ClN3O5/c1-27-15-8-6-14(7-9-15)22-17(24)11-28-18(25)10-16(23-19(21)26)12-2-4-13(20)5-3-12/h2-9,16H,10-11H2,1H3,(H,22,24)(H3,21,23,26)/t16-/m1/s1. The molecule has 148 valence electrons. The Kier molecular flexibility index (Phi) is 7.65. The molecule has 0 saturated carbocycles. The van der Waals surface area contributed by atoms with Gasteiger partial charge < -0.3 is 25.8 Å². The van der Waals surface area contributed by atoms with Crippen LogP contribution in [-0.4, -0.2) is 31.6 Å². The number of methoxy groups -OCH3 is 1. The number of nitrogens with two attached hydrogens (primary N) is 1. The number of carbonyl (C=O) groups is 3. The largest absolute Gasteiger partial charge is 0.497 e. The molecular weight excluding hydrogens is 386 g/mol. The van der Waals surface area contributed by atoms with Crippen molar-refractivity contribution >= 4 is 35.2 Å². The van der Waals surface area contributed by atoms with Gasteiger partial charge in [0, 0.05) is 10.7 Å². The fourth-order valence-corrected chi connectivity index (χ4v) is 2.49. The van der Waals surface area contributed by atoms with Crippen molar-refractivity contribution in [3.05, 3.63) is 59.1 Å². The number of benzene rings is 2. The van der Waals surface area contributed by atoms with Gasteiger partial charge in [0.15, 0.2) is 6.61 Å². The number of esters is 1. The summed E-state index contributed by atoms with van der Waals surface area (Å²) < 4.78 is 10.0. The van der Waals surface area contributed by atoms with E-state index in [2.05, 4.69) is 10.6 Å². The normalized spacial score (nSPS) is 11.2. The molecule has 0 radical (unpaired) electrons. The van der Waals surface area contributed by atoms with Crippen molar-refractivity contribution in [3.8, 4) is 5.75 Å². The van der Waals surface area contributed by atoms with E-state index in [0.29, 0.717) is 22.0 Å². The summed E-state index contributed by atoms with van der Waals surface area (Å²) in [5.74, 6) is -0.511. The number of amides is 3. The Morgan fingerprint density at radius 1 is 1.07 bits per heavy atom. The molecule has 3 amide bonds. The lowest BCUT2D eigenvalue weighted by molar-refractivity contribution is -0.147. The third-order valence-corrected chi connectivity index (χ3v) is 3.95. The molecule has 2 aromatic rings. The van der Waals surface area contributed by atoms with Gasteiger partial charge in [-0.25, -0.2) is 4.79 Å². The highest BCUT2D eigenvalue weighted by Gasteiger charge is 2.19. The minimum absolute atomic E-state index is 0.194. The fraction of sp³-hybridized carbons (Fsp3) is 0.211. The van der Waals surface area contributed by atoms with Crippen molar-refractivity contribution < 1.29 is 23.9 Å². The molecule has 0 saturated heterocycles. The molecule has 0 spiro atoms. The van der Waals surface area contributed by atoms with Crippen LogP contribution in [0.5, 0.6) is 5.75 Å². The predicted octanol–water partition coefficient (Wildman–Crippen LogP) is 2.63. The van der Waals surface area contributed by atoms with Gasteiger partial charge in [0.25, 0.3) is 5.91 Å². The molecule has 2 aromatic carbocycles. The Labute approximate surface area is 166 Å². The first-order chi connectivity index (χ1) is 13.4. The van der Waals surface area contributed by atoms with Crippen molar-refractivity contribution in [1.82, 2.24) is 5.32 Å². The number of rotatable bonds is 8. The minimum Gasteiger partial charge on any atom is -0.497 e. The summed E-state index contributed by atoms with van der Waals surface area (Å²) in [4.78, 5) is 35.2. The van der Waals surface area contributed by atoms with E-state index in [1.807, 2.05) is 0 Å². The number of nitrogens with one attached hydrogen (secondary N) is 2. The zero-order valence-electron chi connectivity index (χ0n) is 15.1. The van der Waals surface area contributed by atoms with E-state index in [-0.39, 0.29) is 6.42 Å². The lowest BCUT2D eigenvalue weighted by Crippen LogP contribution is -2.35. The number of carbonyl (C=O) groups excluding carboxylic acids is 3. The van der Waals surface area contributed by atoms with Crippen LogP contribution in [-0.2, 0) is 14.3 Å². The van der Waals surface area contributed by atoms with Gasteiger partial charge in [0.05, 0.1) is 19.6 Å². The average molecular weight is 406 g/mol. The summed E-state index contributed by atoms with van der Waals surface area (Å²) in [5.41, 5.74) is 6.33. The predicted molar refractivity (Wildman–Crippen MR) is 104 cm³/mol. The zero-order chi connectivity index (χ0) is 20.5. The van der Waals surface area contributed by atoms with E-state index in [1.165, 1.54) is 7.11 Å². The molecule has 0 bridgehead atoms. The molecule has 28 heavy (non-hydrogen) atoms. The molecule has 4 N–H and O–H groups in total. The molecule has 0 unspecified atom stereocenters. The highest BCUT2D eigenvalue weighted by Crippen LogP contribution is 2.20. The molecule has 0 aromatic heterocycles. The van der Waals surface area contributed by atoms with E-state index in [9.17, 15) is 14.4 Å². The smallest absolute Gasteiger partial charge is 0.312 e. The van der Waals surface area contributed by atoms with Crippen LogP contribution < -0.4 is 21.1 Å². The third kappa shape index (κ3) is 6.81. The second kappa shape index (κ2) is 10.2. The molecule has 8 nitrogen and oxygen atoms in total. The van der Waals surface area contributed by atoms with Crippen molar-refractivity contribution in [2.45, 2.75) is 12.5 Å². The number of hydrogen-bond donors (Lipinski definition) is 3. The van der Waals surface area contributed by atoms with E-state index < -0.39 is 30.6 Å². The molecule has 0 aliphatic rings.